The van der Waals surface area contributed by atoms with Gasteiger partial charge in [-0.2, -0.15) is 0 Å². The standard InChI is InChI=1S/C24H21F2N3O5/c1-28(22(32)15-8-7-14(25)12-17(15)26)11-3-5-13-4-2-6-16-20(13)24(34)29(23(16)33)18-9-10-19(30)27-21(18)31/h2,4,6-8,12,18H,3,5,9-11H2,1H3,(H,27,30,31). The second-order valence-electron chi connectivity index (χ2n) is 8.24. The largest absolute Gasteiger partial charge is 0.342 e. The molecule has 2 aliphatic rings. The highest BCUT2D eigenvalue weighted by atomic mass is 19.1. The molecule has 1 unspecified atom stereocenters. The first-order chi connectivity index (χ1) is 16.2. The van der Waals surface area contributed by atoms with Gasteiger partial charge in [0, 0.05) is 26.1 Å². The molecule has 1 fully saturated rings. The fraction of sp³-hybridized carbons (Fsp3) is 0.292. The van der Waals surface area contributed by atoms with E-state index in [4.69, 9.17) is 0 Å². The number of rotatable bonds is 6. The highest BCUT2D eigenvalue weighted by molar-refractivity contribution is 6.24. The van der Waals surface area contributed by atoms with E-state index < -0.39 is 47.2 Å². The van der Waals surface area contributed by atoms with Crippen molar-refractivity contribution in [1.82, 2.24) is 15.1 Å². The minimum absolute atomic E-state index is 0.0334. The van der Waals surface area contributed by atoms with Gasteiger partial charge in [-0.25, -0.2) is 8.78 Å². The van der Waals surface area contributed by atoms with E-state index >= 15 is 0 Å². The minimum Gasteiger partial charge on any atom is -0.342 e. The van der Waals surface area contributed by atoms with Crippen LogP contribution in [0.5, 0.6) is 0 Å². The number of carbonyl (C=O) groups excluding carboxylic acids is 5. The number of nitrogens with one attached hydrogen (secondary N) is 1. The molecule has 2 aromatic carbocycles. The molecule has 1 atom stereocenters. The molecule has 1 N–H and O–H groups in total. The number of carbonyl (C=O) groups is 5. The zero-order valence-electron chi connectivity index (χ0n) is 18.3. The molecule has 0 spiro atoms. The number of fused-ring (bicyclic) bond motifs is 1. The number of hydrogen-bond acceptors (Lipinski definition) is 5. The van der Waals surface area contributed by atoms with Gasteiger partial charge in [0.1, 0.15) is 17.7 Å². The number of hydrogen-bond donors (Lipinski definition) is 1. The first-order valence-electron chi connectivity index (χ1n) is 10.7. The summed E-state index contributed by atoms with van der Waals surface area (Å²) in [5.74, 6) is -4.64. The number of aryl methyl sites for hydroxylation is 1. The predicted molar refractivity (Wildman–Crippen MR) is 115 cm³/mol. The van der Waals surface area contributed by atoms with E-state index in [0.29, 0.717) is 24.5 Å². The minimum atomic E-state index is -1.05. The van der Waals surface area contributed by atoms with Crippen molar-refractivity contribution in [2.75, 3.05) is 13.6 Å². The van der Waals surface area contributed by atoms with E-state index in [2.05, 4.69) is 5.32 Å². The Kier molecular flexibility index (Phi) is 6.23. The number of halogens is 2. The molecule has 0 radical (unpaired) electrons. The van der Waals surface area contributed by atoms with E-state index in [-0.39, 0.29) is 36.1 Å². The molecule has 5 amide bonds. The fourth-order valence-electron chi connectivity index (χ4n) is 4.27. The van der Waals surface area contributed by atoms with Crippen molar-refractivity contribution < 1.29 is 32.8 Å². The molecular formula is C24H21F2N3O5. The lowest BCUT2D eigenvalue weighted by Gasteiger charge is -2.27. The van der Waals surface area contributed by atoms with Gasteiger partial charge in [0.15, 0.2) is 0 Å². The van der Waals surface area contributed by atoms with Crippen molar-refractivity contribution >= 4 is 29.5 Å². The third-order valence-electron chi connectivity index (χ3n) is 6.00. The van der Waals surface area contributed by atoms with Crippen LogP contribution in [0.4, 0.5) is 8.78 Å². The van der Waals surface area contributed by atoms with E-state index in [1.165, 1.54) is 18.0 Å². The second-order valence-corrected chi connectivity index (χ2v) is 8.24. The maximum Gasteiger partial charge on any atom is 0.262 e. The third kappa shape index (κ3) is 4.18. The van der Waals surface area contributed by atoms with Gasteiger partial charge in [-0.05, 0) is 43.0 Å². The summed E-state index contributed by atoms with van der Waals surface area (Å²) in [6.45, 7) is 0.221. The Bertz CT molecular complexity index is 1230. The molecule has 34 heavy (non-hydrogen) atoms. The Balaban J connectivity index is 1.45. The van der Waals surface area contributed by atoms with Crippen LogP contribution in [0.1, 0.15) is 55.9 Å². The molecule has 176 valence electrons. The first-order valence-corrected chi connectivity index (χ1v) is 10.7. The zero-order chi connectivity index (χ0) is 24.6. The van der Waals surface area contributed by atoms with Crippen molar-refractivity contribution in [3.8, 4) is 0 Å². The van der Waals surface area contributed by atoms with Crippen molar-refractivity contribution in [3.05, 3.63) is 70.3 Å². The Morgan fingerprint density at radius 1 is 1.12 bits per heavy atom. The van der Waals surface area contributed by atoms with Gasteiger partial charge < -0.3 is 4.90 Å². The van der Waals surface area contributed by atoms with Crippen LogP contribution in [0.15, 0.2) is 36.4 Å². The van der Waals surface area contributed by atoms with Gasteiger partial charge in [0.05, 0.1) is 16.7 Å². The normalized spacial score (nSPS) is 17.6. The molecule has 0 saturated carbocycles. The topological polar surface area (TPSA) is 104 Å². The summed E-state index contributed by atoms with van der Waals surface area (Å²) in [7, 11) is 1.49. The van der Waals surface area contributed by atoms with E-state index in [1.54, 1.807) is 12.1 Å². The highest BCUT2D eigenvalue weighted by Gasteiger charge is 2.45. The van der Waals surface area contributed by atoms with Crippen molar-refractivity contribution in [2.45, 2.75) is 31.7 Å². The second kappa shape index (κ2) is 9.12. The van der Waals surface area contributed by atoms with Crippen LogP contribution in [-0.2, 0) is 16.0 Å². The molecular weight excluding hydrogens is 448 g/mol. The Morgan fingerprint density at radius 3 is 2.59 bits per heavy atom. The Hall–Kier alpha value is -3.95. The summed E-state index contributed by atoms with van der Waals surface area (Å²) in [6, 6.07) is 6.53. The summed E-state index contributed by atoms with van der Waals surface area (Å²) in [4.78, 5) is 64.3. The Labute approximate surface area is 193 Å². The average Bonchev–Trinajstić information content (AvgIpc) is 3.04. The van der Waals surface area contributed by atoms with Gasteiger partial charge in [-0.15, -0.1) is 0 Å². The number of benzene rings is 2. The van der Waals surface area contributed by atoms with Crippen LogP contribution in [0.25, 0.3) is 0 Å². The SMILES string of the molecule is CN(CCCc1cccc2c1C(=O)N(C1CCC(=O)NC1=O)C2=O)C(=O)c1ccc(F)cc1F. The average molecular weight is 469 g/mol. The summed E-state index contributed by atoms with van der Waals surface area (Å²) in [6.07, 6.45) is 0.848. The first kappa shape index (κ1) is 23.2. The molecule has 2 aromatic rings. The van der Waals surface area contributed by atoms with E-state index in [0.717, 1.165) is 17.0 Å². The highest BCUT2D eigenvalue weighted by Crippen LogP contribution is 2.30. The van der Waals surface area contributed by atoms with Gasteiger partial charge >= 0.3 is 0 Å². The smallest absolute Gasteiger partial charge is 0.262 e. The van der Waals surface area contributed by atoms with Gasteiger partial charge in [-0.3, -0.25) is 34.2 Å². The van der Waals surface area contributed by atoms with Crippen molar-refractivity contribution in [2.24, 2.45) is 0 Å². The van der Waals surface area contributed by atoms with E-state index in [1.807, 2.05) is 0 Å². The number of imide groups is 2. The molecule has 4 rings (SSSR count). The predicted octanol–water partition coefficient (Wildman–Crippen LogP) is 2.07. The molecule has 2 aliphatic heterocycles. The lowest BCUT2D eigenvalue weighted by molar-refractivity contribution is -0.136. The summed E-state index contributed by atoms with van der Waals surface area (Å²) < 4.78 is 27.0. The van der Waals surface area contributed by atoms with E-state index in [9.17, 15) is 32.8 Å². The third-order valence-corrected chi connectivity index (χ3v) is 6.00. The van der Waals surface area contributed by atoms with Gasteiger partial charge in [0.2, 0.25) is 11.8 Å². The maximum absolute atomic E-state index is 13.9. The summed E-state index contributed by atoms with van der Waals surface area (Å²) in [5.41, 5.74) is 0.727. The Morgan fingerprint density at radius 2 is 1.88 bits per heavy atom. The zero-order valence-corrected chi connectivity index (χ0v) is 18.3. The van der Waals surface area contributed by atoms with Crippen LogP contribution in [0.2, 0.25) is 0 Å². The molecule has 0 bridgehead atoms. The van der Waals surface area contributed by atoms with Crippen molar-refractivity contribution in [3.63, 3.8) is 0 Å². The molecule has 0 aliphatic carbocycles. The van der Waals surface area contributed by atoms with Gasteiger partial charge in [-0.1, -0.05) is 12.1 Å². The monoisotopic (exact) mass is 469 g/mol. The molecule has 10 heteroatoms. The summed E-state index contributed by atoms with van der Waals surface area (Å²) in [5, 5.41) is 2.16. The van der Waals surface area contributed by atoms with Crippen LogP contribution in [0.3, 0.4) is 0 Å². The van der Waals surface area contributed by atoms with Crippen molar-refractivity contribution in [1.29, 1.82) is 0 Å². The number of nitrogens with zero attached hydrogens (tertiary/aromatic N) is 2. The molecule has 1 saturated heterocycles. The molecule has 0 aromatic heterocycles. The number of piperidine rings is 1. The lowest BCUT2D eigenvalue weighted by Crippen LogP contribution is -2.54. The van der Waals surface area contributed by atoms with Crippen LogP contribution >= 0.6 is 0 Å². The fourth-order valence-corrected chi connectivity index (χ4v) is 4.27. The lowest BCUT2D eigenvalue weighted by atomic mass is 9.99. The van der Waals surface area contributed by atoms with Crippen LogP contribution < -0.4 is 5.32 Å². The van der Waals surface area contributed by atoms with Crippen LogP contribution in [0, 0.1) is 11.6 Å². The summed E-state index contributed by atoms with van der Waals surface area (Å²) >= 11 is 0. The number of amides is 5. The van der Waals surface area contributed by atoms with Gasteiger partial charge in [0.25, 0.3) is 17.7 Å². The van der Waals surface area contributed by atoms with Crippen LogP contribution in [-0.4, -0.2) is 59.0 Å². The maximum atomic E-state index is 13.9. The molecule has 2 heterocycles. The molecule has 8 nitrogen and oxygen atoms in total. The quantitative estimate of drug-likeness (QED) is 0.653.